The van der Waals surface area contributed by atoms with E-state index < -0.39 is 12.6 Å². The Labute approximate surface area is 106 Å². The summed E-state index contributed by atoms with van der Waals surface area (Å²) in [5, 5.41) is 0. The molecule has 1 aliphatic rings. The molecule has 98 valence electrons. The zero-order valence-electron chi connectivity index (χ0n) is 10.7. The van der Waals surface area contributed by atoms with E-state index in [4.69, 9.17) is 14.2 Å². The maximum Gasteiger partial charge on any atom is 0.418 e. The van der Waals surface area contributed by atoms with Gasteiger partial charge in [0.15, 0.2) is 0 Å². The predicted octanol–water partition coefficient (Wildman–Crippen LogP) is 2.37. The molecule has 1 fully saturated rings. The van der Waals surface area contributed by atoms with E-state index in [1.807, 2.05) is 44.2 Å². The summed E-state index contributed by atoms with van der Waals surface area (Å²) in [6.07, 6.45) is -0.665. The number of benzene rings is 1. The van der Waals surface area contributed by atoms with Crippen molar-refractivity contribution in [3.63, 3.8) is 0 Å². The lowest BCUT2D eigenvalue weighted by molar-refractivity contribution is -0.206. The van der Waals surface area contributed by atoms with Crippen LogP contribution in [-0.4, -0.2) is 31.8 Å². The molecule has 1 heterocycles. The van der Waals surface area contributed by atoms with Crippen LogP contribution < -0.4 is 4.90 Å². The second kappa shape index (κ2) is 5.37. The molecule has 0 saturated carbocycles. The summed E-state index contributed by atoms with van der Waals surface area (Å²) in [5.41, 5.74) is 0.751. The molecule has 1 saturated heterocycles. The zero-order chi connectivity index (χ0) is 13.1. The van der Waals surface area contributed by atoms with Gasteiger partial charge in [0, 0.05) is 12.7 Å². The van der Waals surface area contributed by atoms with E-state index in [2.05, 4.69) is 0 Å². The molecule has 0 radical (unpaired) electrons. The summed E-state index contributed by atoms with van der Waals surface area (Å²) in [7, 11) is 1.64. The van der Waals surface area contributed by atoms with E-state index in [1.54, 1.807) is 7.05 Å². The van der Waals surface area contributed by atoms with Gasteiger partial charge in [-0.05, 0) is 26.0 Å². The van der Waals surface area contributed by atoms with Gasteiger partial charge >= 0.3 is 12.6 Å². The predicted molar refractivity (Wildman–Crippen MR) is 66.2 cm³/mol. The first-order valence-corrected chi connectivity index (χ1v) is 5.88. The van der Waals surface area contributed by atoms with Crippen molar-refractivity contribution in [1.82, 2.24) is 0 Å². The first-order chi connectivity index (χ1) is 8.58. The van der Waals surface area contributed by atoms with Crippen LogP contribution in [0.15, 0.2) is 30.3 Å². The topological polar surface area (TPSA) is 48.0 Å². The Morgan fingerprint density at radius 2 is 1.72 bits per heavy atom. The minimum absolute atomic E-state index is 0.0789. The Kier molecular flexibility index (Phi) is 3.84. The molecule has 18 heavy (non-hydrogen) atoms. The minimum Gasteiger partial charge on any atom is -0.393 e. The van der Waals surface area contributed by atoms with Crippen LogP contribution in [0.25, 0.3) is 0 Å². The highest BCUT2D eigenvalue weighted by Gasteiger charge is 2.33. The average molecular weight is 251 g/mol. The average Bonchev–Trinajstić information content (AvgIpc) is 2.68. The van der Waals surface area contributed by atoms with Gasteiger partial charge in [0.05, 0.1) is 12.2 Å². The van der Waals surface area contributed by atoms with Crippen molar-refractivity contribution in [3.8, 4) is 0 Å². The number of rotatable bonds is 2. The van der Waals surface area contributed by atoms with Crippen molar-refractivity contribution in [2.45, 2.75) is 32.5 Å². The van der Waals surface area contributed by atoms with Crippen LogP contribution in [0.1, 0.15) is 13.8 Å². The smallest absolute Gasteiger partial charge is 0.393 e. The Balaban J connectivity index is 1.93. The molecular weight excluding hydrogens is 234 g/mol. The van der Waals surface area contributed by atoms with Crippen LogP contribution in [0, 0.1) is 0 Å². The van der Waals surface area contributed by atoms with Gasteiger partial charge in [0.2, 0.25) is 0 Å². The fourth-order valence-electron chi connectivity index (χ4n) is 1.58. The fraction of sp³-hybridized carbons (Fsp3) is 0.462. The third-order valence-electron chi connectivity index (χ3n) is 2.93. The second-order valence-electron chi connectivity index (χ2n) is 4.25. The summed E-state index contributed by atoms with van der Waals surface area (Å²) in [4.78, 5) is 13.3. The Morgan fingerprint density at radius 3 is 2.28 bits per heavy atom. The molecule has 1 aliphatic heterocycles. The third-order valence-corrected chi connectivity index (χ3v) is 2.93. The standard InChI is InChI=1S/C13H17NO4/c1-9-10(2)17-13(16-9)18-12(15)14(3)11-7-5-4-6-8-11/h4-10,13H,1-3H3. The van der Waals surface area contributed by atoms with Crippen molar-refractivity contribution >= 4 is 11.8 Å². The molecule has 2 rings (SSSR count). The van der Waals surface area contributed by atoms with E-state index in [9.17, 15) is 4.79 Å². The van der Waals surface area contributed by atoms with Gasteiger partial charge in [0.1, 0.15) is 0 Å². The fourth-order valence-corrected chi connectivity index (χ4v) is 1.58. The van der Waals surface area contributed by atoms with E-state index in [1.165, 1.54) is 4.90 Å². The Bertz CT molecular complexity index is 399. The molecule has 2 atom stereocenters. The highest BCUT2D eigenvalue weighted by atomic mass is 16.9. The maximum atomic E-state index is 11.9. The summed E-state index contributed by atoms with van der Waals surface area (Å²) < 4.78 is 15.8. The van der Waals surface area contributed by atoms with Gasteiger partial charge in [-0.25, -0.2) is 4.79 Å². The van der Waals surface area contributed by atoms with Gasteiger partial charge in [0.25, 0.3) is 0 Å². The molecule has 0 bridgehead atoms. The van der Waals surface area contributed by atoms with E-state index in [-0.39, 0.29) is 12.2 Å². The quantitative estimate of drug-likeness (QED) is 0.809. The molecule has 0 N–H and O–H groups in total. The number of amides is 1. The molecule has 2 unspecified atom stereocenters. The molecule has 1 amide bonds. The SMILES string of the molecule is CC1OC(OC(=O)N(C)c2ccccc2)OC1C. The number of anilines is 1. The number of carbonyl (C=O) groups is 1. The molecular formula is C13H17NO4. The summed E-state index contributed by atoms with van der Waals surface area (Å²) in [6, 6.07) is 9.23. The van der Waals surface area contributed by atoms with Gasteiger partial charge in [-0.1, -0.05) is 18.2 Å². The monoisotopic (exact) mass is 251 g/mol. The minimum atomic E-state index is -0.923. The number of hydrogen-bond acceptors (Lipinski definition) is 4. The zero-order valence-corrected chi connectivity index (χ0v) is 10.7. The lowest BCUT2D eigenvalue weighted by Gasteiger charge is -2.19. The van der Waals surface area contributed by atoms with Crippen LogP contribution in [0.4, 0.5) is 10.5 Å². The third kappa shape index (κ3) is 2.80. The highest BCUT2D eigenvalue weighted by molar-refractivity contribution is 5.86. The highest BCUT2D eigenvalue weighted by Crippen LogP contribution is 2.20. The molecule has 0 aliphatic carbocycles. The largest absolute Gasteiger partial charge is 0.418 e. The van der Waals surface area contributed by atoms with E-state index >= 15 is 0 Å². The van der Waals surface area contributed by atoms with Crippen LogP contribution >= 0.6 is 0 Å². The second-order valence-corrected chi connectivity index (χ2v) is 4.25. The van der Waals surface area contributed by atoms with Crippen molar-refractivity contribution < 1.29 is 19.0 Å². The van der Waals surface area contributed by atoms with Gasteiger partial charge < -0.3 is 14.2 Å². The van der Waals surface area contributed by atoms with Crippen molar-refractivity contribution in [2.75, 3.05) is 11.9 Å². The number of ether oxygens (including phenoxy) is 3. The molecule has 1 aromatic rings. The lowest BCUT2D eigenvalue weighted by atomic mass is 10.3. The number of hydrogen-bond donors (Lipinski definition) is 0. The van der Waals surface area contributed by atoms with E-state index in [0.29, 0.717) is 0 Å². The molecule has 0 aromatic heterocycles. The van der Waals surface area contributed by atoms with Gasteiger partial charge in [-0.15, -0.1) is 0 Å². The molecule has 5 heteroatoms. The van der Waals surface area contributed by atoms with Gasteiger partial charge in [-0.3, -0.25) is 4.90 Å². The first kappa shape index (κ1) is 12.9. The number of carbonyl (C=O) groups excluding carboxylic acids is 1. The number of nitrogens with zero attached hydrogens (tertiary/aromatic N) is 1. The van der Waals surface area contributed by atoms with Crippen LogP contribution in [-0.2, 0) is 14.2 Å². The van der Waals surface area contributed by atoms with Crippen molar-refractivity contribution in [3.05, 3.63) is 30.3 Å². The molecule has 1 aromatic carbocycles. The summed E-state index contributed by atoms with van der Waals surface area (Å²) in [6.45, 7) is 2.83. The maximum absolute atomic E-state index is 11.9. The number of para-hydroxylation sites is 1. The molecule has 5 nitrogen and oxygen atoms in total. The Morgan fingerprint density at radius 1 is 1.17 bits per heavy atom. The van der Waals surface area contributed by atoms with Crippen molar-refractivity contribution in [2.24, 2.45) is 0 Å². The Hall–Kier alpha value is -1.59. The van der Waals surface area contributed by atoms with Crippen LogP contribution in [0.2, 0.25) is 0 Å². The lowest BCUT2D eigenvalue weighted by Crippen LogP contribution is -2.31. The van der Waals surface area contributed by atoms with Crippen molar-refractivity contribution in [1.29, 1.82) is 0 Å². The first-order valence-electron chi connectivity index (χ1n) is 5.88. The molecule has 0 spiro atoms. The summed E-state index contributed by atoms with van der Waals surface area (Å²) in [5.74, 6) is 0. The summed E-state index contributed by atoms with van der Waals surface area (Å²) >= 11 is 0. The van der Waals surface area contributed by atoms with Gasteiger partial charge in [-0.2, -0.15) is 0 Å². The van der Waals surface area contributed by atoms with E-state index in [0.717, 1.165) is 5.69 Å². The van der Waals surface area contributed by atoms with Crippen LogP contribution in [0.3, 0.4) is 0 Å². The van der Waals surface area contributed by atoms with Crippen LogP contribution in [0.5, 0.6) is 0 Å². The normalized spacial score (nSPS) is 26.9.